The summed E-state index contributed by atoms with van der Waals surface area (Å²) in [7, 11) is 0. The Morgan fingerprint density at radius 1 is 1.25 bits per heavy atom. The van der Waals surface area contributed by atoms with E-state index in [1.54, 1.807) is 0 Å². The summed E-state index contributed by atoms with van der Waals surface area (Å²) in [6.45, 7) is 6.46. The Hall–Kier alpha value is -1.28. The number of H-pyrrole nitrogens is 1. The summed E-state index contributed by atoms with van der Waals surface area (Å²) in [5.74, 6) is 0.538. The molecule has 1 aromatic carbocycles. The van der Waals surface area contributed by atoms with Crippen LogP contribution in [0.4, 0.5) is 0 Å². The van der Waals surface area contributed by atoms with Crippen LogP contribution in [0.5, 0.6) is 0 Å². The van der Waals surface area contributed by atoms with E-state index in [9.17, 15) is 0 Å². The van der Waals surface area contributed by atoms with Crippen molar-refractivity contribution in [2.75, 3.05) is 0 Å². The molecule has 0 saturated carbocycles. The minimum Gasteiger partial charge on any atom is -0.358 e. The molecule has 0 aliphatic rings. The van der Waals surface area contributed by atoms with Crippen LogP contribution in [0.1, 0.15) is 37.9 Å². The van der Waals surface area contributed by atoms with Gasteiger partial charge >= 0.3 is 0 Å². The molecular weight excluding hydrogens is 196 g/mol. The zero-order chi connectivity index (χ0) is 11.7. The fourth-order valence-corrected chi connectivity index (χ4v) is 2.08. The quantitative estimate of drug-likeness (QED) is 0.813. The first-order valence-corrected chi connectivity index (χ1v) is 5.94. The predicted molar refractivity (Wildman–Crippen MR) is 69.7 cm³/mol. The molecule has 2 heteroatoms. The molecule has 1 unspecified atom stereocenters. The van der Waals surface area contributed by atoms with Crippen molar-refractivity contribution in [2.45, 2.75) is 39.2 Å². The van der Waals surface area contributed by atoms with Crippen LogP contribution < -0.4 is 5.73 Å². The molecule has 0 spiro atoms. The van der Waals surface area contributed by atoms with E-state index in [2.05, 4.69) is 50.0 Å². The van der Waals surface area contributed by atoms with Gasteiger partial charge in [-0.05, 0) is 37.0 Å². The molecule has 0 aliphatic heterocycles. The summed E-state index contributed by atoms with van der Waals surface area (Å²) in [5, 5.41) is 1.32. The van der Waals surface area contributed by atoms with E-state index in [0.717, 1.165) is 6.42 Å². The maximum absolute atomic E-state index is 5.87. The van der Waals surface area contributed by atoms with E-state index in [-0.39, 0.29) is 6.04 Å². The van der Waals surface area contributed by atoms with E-state index in [4.69, 9.17) is 5.73 Å². The molecule has 0 amide bonds. The van der Waals surface area contributed by atoms with Crippen molar-refractivity contribution in [3.8, 4) is 0 Å². The molecular formula is C14H20N2. The molecule has 16 heavy (non-hydrogen) atoms. The SMILES string of the molecule is CC(N)Cc1cccc2[nH]c(C(C)C)cc12. The molecule has 0 radical (unpaired) electrons. The first-order valence-electron chi connectivity index (χ1n) is 5.94. The highest BCUT2D eigenvalue weighted by Gasteiger charge is 2.08. The first-order chi connectivity index (χ1) is 7.58. The predicted octanol–water partition coefficient (Wildman–Crippen LogP) is 3.18. The maximum atomic E-state index is 5.87. The highest BCUT2D eigenvalue weighted by Crippen LogP contribution is 2.24. The van der Waals surface area contributed by atoms with Gasteiger partial charge in [0.15, 0.2) is 0 Å². The van der Waals surface area contributed by atoms with Crippen LogP contribution in [-0.2, 0) is 6.42 Å². The van der Waals surface area contributed by atoms with Crippen molar-refractivity contribution in [3.63, 3.8) is 0 Å². The molecule has 2 rings (SSSR count). The van der Waals surface area contributed by atoms with Crippen molar-refractivity contribution >= 4 is 10.9 Å². The molecule has 0 saturated heterocycles. The Balaban J connectivity index is 2.50. The monoisotopic (exact) mass is 216 g/mol. The van der Waals surface area contributed by atoms with Crippen LogP contribution in [0.15, 0.2) is 24.3 Å². The molecule has 0 bridgehead atoms. The van der Waals surface area contributed by atoms with Crippen LogP contribution in [0.2, 0.25) is 0 Å². The summed E-state index contributed by atoms with van der Waals surface area (Å²) < 4.78 is 0. The maximum Gasteiger partial charge on any atom is 0.0458 e. The third-order valence-electron chi connectivity index (χ3n) is 2.94. The van der Waals surface area contributed by atoms with Gasteiger partial charge in [-0.15, -0.1) is 0 Å². The lowest BCUT2D eigenvalue weighted by Crippen LogP contribution is -2.17. The van der Waals surface area contributed by atoms with E-state index in [0.29, 0.717) is 5.92 Å². The molecule has 0 aliphatic carbocycles. The van der Waals surface area contributed by atoms with Crippen LogP contribution in [0, 0.1) is 0 Å². The molecule has 1 aromatic heterocycles. The van der Waals surface area contributed by atoms with Crippen molar-refractivity contribution in [3.05, 3.63) is 35.5 Å². The van der Waals surface area contributed by atoms with Crippen LogP contribution in [0.3, 0.4) is 0 Å². The molecule has 3 N–H and O–H groups in total. The van der Waals surface area contributed by atoms with Crippen molar-refractivity contribution in [2.24, 2.45) is 5.73 Å². The van der Waals surface area contributed by atoms with Gasteiger partial charge in [-0.2, -0.15) is 0 Å². The fourth-order valence-electron chi connectivity index (χ4n) is 2.08. The van der Waals surface area contributed by atoms with Crippen molar-refractivity contribution in [1.29, 1.82) is 0 Å². The van der Waals surface area contributed by atoms with E-state index in [1.807, 2.05) is 0 Å². The lowest BCUT2D eigenvalue weighted by atomic mass is 10.0. The smallest absolute Gasteiger partial charge is 0.0458 e. The molecule has 2 nitrogen and oxygen atoms in total. The minimum atomic E-state index is 0.211. The number of aromatic amines is 1. The second kappa shape index (κ2) is 4.30. The number of aromatic nitrogens is 1. The first kappa shape index (κ1) is 11.2. The normalized spacial score (nSPS) is 13.6. The van der Waals surface area contributed by atoms with Gasteiger partial charge in [0.05, 0.1) is 0 Å². The molecule has 1 heterocycles. The average Bonchev–Trinajstić information content (AvgIpc) is 2.61. The van der Waals surface area contributed by atoms with Crippen molar-refractivity contribution in [1.82, 2.24) is 4.98 Å². The Labute approximate surface area is 96.9 Å². The van der Waals surface area contributed by atoms with Gasteiger partial charge in [0, 0.05) is 22.6 Å². The fraction of sp³-hybridized carbons (Fsp3) is 0.429. The number of rotatable bonds is 3. The van der Waals surface area contributed by atoms with E-state index in [1.165, 1.54) is 22.2 Å². The van der Waals surface area contributed by atoms with E-state index >= 15 is 0 Å². The van der Waals surface area contributed by atoms with Gasteiger partial charge in [-0.25, -0.2) is 0 Å². The van der Waals surface area contributed by atoms with Gasteiger partial charge < -0.3 is 10.7 Å². The van der Waals surface area contributed by atoms with Crippen LogP contribution in [0.25, 0.3) is 10.9 Å². The summed E-state index contributed by atoms with van der Waals surface area (Å²) in [6, 6.07) is 8.87. The number of fused-ring (bicyclic) bond motifs is 1. The summed E-state index contributed by atoms with van der Waals surface area (Å²) in [6.07, 6.45) is 0.937. The van der Waals surface area contributed by atoms with E-state index < -0.39 is 0 Å². The van der Waals surface area contributed by atoms with Crippen LogP contribution in [-0.4, -0.2) is 11.0 Å². The van der Waals surface area contributed by atoms with Gasteiger partial charge in [0.1, 0.15) is 0 Å². The Kier molecular flexibility index (Phi) is 3.01. The number of benzene rings is 1. The van der Waals surface area contributed by atoms with Gasteiger partial charge in [-0.3, -0.25) is 0 Å². The summed E-state index contributed by atoms with van der Waals surface area (Å²) in [4.78, 5) is 3.47. The Morgan fingerprint density at radius 3 is 2.62 bits per heavy atom. The topological polar surface area (TPSA) is 41.8 Å². The zero-order valence-corrected chi connectivity index (χ0v) is 10.2. The molecule has 2 aromatic rings. The second-order valence-electron chi connectivity index (χ2n) is 4.94. The standard InChI is InChI=1S/C14H20N2/c1-9(2)14-8-12-11(7-10(3)15)5-4-6-13(12)16-14/h4-6,8-10,16H,7,15H2,1-3H3. The highest BCUT2D eigenvalue weighted by molar-refractivity contribution is 5.84. The zero-order valence-electron chi connectivity index (χ0n) is 10.2. The lowest BCUT2D eigenvalue weighted by Gasteiger charge is -2.06. The number of hydrogen-bond acceptors (Lipinski definition) is 1. The second-order valence-corrected chi connectivity index (χ2v) is 4.94. The van der Waals surface area contributed by atoms with Crippen molar-refractivity contribution < 1.29 is 0 Å². The summed E-state index contributed by atoms with van der Waals surface area (Å²) in [5.41, 5.74) is 9.74. The minimum absolute atomic E-state index is 0.211. The summed E-state index contributed by atoms with van der Waals surface area (Å²) >= 11 is 0. The highest BCUT2D eigenvalue weighted by atomic mass is 14.7. The number of hydrogen-bond donors (Lipinski definition) is 2. The lowest BCUT2D eigenvalue weighted by molar-refractivity contribution is 0.742. The van der Waals surface area contributed by atoms with Gasteiger partial charge in [-0.1, -0.05) is 26.0 Å². The average molecular weight is 216 g/mol. The number of nitrogens with two attached hydrogens (primary N) is 1. The third-order valence-corrected chi connectivity index (χ3v) is 2.94. The molecule has 0 fully saturated rings. The number of nitrogens with one attached hydrogen (secondary N) is 1. The largest absolute Gasteiger partial charge is 0.358 e. The Morgan fingerprint density at radius 2 is 2.00 bits per heavy atom. The van der Waals surface area contributed by atoms with Gasteiger partial charge in [0.2, 0.25) is 0 Å². The third kappa shape index (κ3) is 2.12. The Bertz CT molecular complexity index is 480. The molecule has 1 atom stereocenters. The van der Waals surface area contributed by atoms with Gasteiger partial charge in [0.25, 0.3) is 0 Å². The molecule has 86 valence electrons. The van der Waals surface area contributed by atoms with Crippen LogP contribution >= 0.6 is 0 Å².